The van der Waals surface area contributed by atoms with Crippen molar-refractivity contribution in [3.05, 3.63) is 29.8 Å². The Balaban J connectivity index is 2.06. The maximum absolute atomic E-state index is 12.5. The van der Waals surface area contributed by atoms with E-state index in [-0.39, 0.29) is 18.2 Å². The molecule has 4 N–H and O–H groups in total. The van der Waals surface area contributed by atoms with Crippen molar-refractivity contribution in [1.82, 2.24) is 5.32 Å². The average Bonchev–Trinajstić information content (AvgIpc) is 2.58. The SMILES string of the molecule is NC(=O)CSc1ccccc1C(=O)NCC1(C(=O)O)CCCCC1. The lowest BCUT2D eigenvalue weighted by atomic mass is 9.74. The Morgan fingerprint density at radius 3 is 2.46 bits per heavy atom. The Labute approximate surface area is 145 Å². The molecule has 130 valence electrons. The summed E-state index contributed by atoms with van der Waals surface area (Å²) in [6.45, 7) is 0.121. The quantitative estimate of drug-likeness (QED) is 0.652. The van der Waals surface area contributed by atoms with Crippen molar-refractivity contribution in [1.29, 1.82) is 0 Å². The first-order chi connectivity index (χ1) is 11.4. The Bertz CT molecular complexity index is 627. The molecule has 1 saturated carbocycles. The van der Waals surface area contributed by atoms with E-state index in [0.717, 1.165) is 19.3 Å². The van der Waals surface area contributed by atoms with Crippen LogP contribution in [0.3, 0.4) is 0 Å². The van der Waals surface area contributed by atoms with Gasteiger partial charge in [0.1, 0.15) is 0 Å². The molecule has 0 unspecified atom stereocenters. The van der Waals surface area contributed by atoms with E-state index in [4.69, 9.17) is 5.73 Å². The third kappa shape index (κ3) is 4.50. The van der Waals surface area contributed by atoms with Crippen LogP contribution in [0.4, 0.5) is 0 Å². The number of nitrogens with two attached hydrogens (primary N) is 1. The van der Waals surface area contributed by atoms with Gasteiger partial charge in [0.05, 0.1) is 16.7 Å². The zero-order chi connectivity index (χ0) is 17.6. The number of carbonyl (C=O) groups is 3. The summed E-state index contributed by atoms with van der Waals surface area (Å²) in [4.78, 5) is 35.7. The maximum atomic E-state index is 12.5. The van der Waals surface area contributed by atoms with E-state index in [9.17, 15) is 19.5 Å². The number of carbonyl (C=O) groups excluding carboxylic acids is 2. The van der Waals surface area contributed by atoms with E-state index >= 15 is 0 Å². The lowest BCUT2D eigenvalue weighted by molar-refractivity contribution is -0.150. The van der Waals surface area contributed by atoms with E-state index < -0.39 is 17.3 Å². The first-order valence-corrected chi connectivity index (χ1v) is 8.95. The third-order valence-corrected chi connectivity index (χ3v) is 5.45. The van der Waals surface area contributed by atoms with Crippen LogP contribution in [-0.2, 0) is 9.59 Å². The van der Waals surface area contributed by atoms with Gasteiger partial charge in [-0.3, -0.25) is 14.4 Å². The van der Waals surface area contributed by atoms with Gasteiger partial charge in [0, 0.05) is 11.4 Å². The molecule has 1 fully saturated rings. The highest BCUT2D eigenvalue weighted by Gasteiger charge is 2.39. The molecule has 2 amide bonds. The van der Waals surface area contributed by atoms with Gasteiger partial charge in [-0.1, -0.05) is 31.4 Å². The van der Waals surface area contributed by atoms with Crippen LogP contribution >= 0.6 is 11.8 Å². The number of benzene rings is 1. The van der Waals surface area contributed by atoms with Gasteiger partial charge in [-0.2, -0.15) is 0 Å². The second-order valence-corrected chi connectivity index (χ2v) is 7.10. The van der Waals surface area contributed by atoms with Gasteiger partial charge in [0.25, 0.3) is 5.91 Å². The van der Waals surface area contributed by atoms with Crippen LogP contribution in [0, 0.1) is 5.41 Å². The molecular weight excluding hydrogens is 328 g/mol. The van der Waals surface area contributed by atoms with Crippen LogP contribution in [0.5, 0.6) is 0 Å². The molecule has 1 aromatic rings. The molecule has 0 aliphatic heterocycles. The molecule has 0 saturated heterocycles. The molecule has 1 aliphatic rings. The van der Waals surface area contributed by atoms with Crippen molar-refractivity contribution < 1.29 is 19.5 Å². The van der Waals surface area contributed by atoms with Gasteiger partial charge in [-0.15, -0.1) is 11.8 Å². The summed E-state index contributed by atoms with van der Waals surface area (Å²) < 4.78 is 0. The summed E-state index contributed by atoms with van der Waals surface area (Å²) in [6.07, 6.45) is 3.94. The minimum Gasteiger partial charge on any atom is -0.481 e. The highest BCUT2D eigenvalue weighted by atomic mass is 32.2. The standard InChI is InChI=1S/C17H22N2O4S/c18-14(20)10-24-13-7-3-2-6-12(13)15(21)19-11-17(16(22)23)8-4-1-5-9-17/h2-3,6-7H,1,4-5,8-11H2,(H2,18,20)(H,19,21)(H,22,23). The van der Waals surface area contributed by atoms with Gasteiger partial charge >= 0.3 is 5.97 Å². The fourth-order valence-corrected chi connectivity index (χ4v) is 3.76. The van der Waals surface area contributed by atoms with Crippen LogP contribution in [0.1, 0.15) is 42.5 Å². The number of nitrogens with one attached hydrogen (secondary N) is 1. The number of rotatable bonds is 7. The van der Waals surface area contributed by atoms with Crippen molar-refractivity contribution in [3.8, 4) is 0 Å². The summed E-state index contributed by atoms with van der Waals surface area (Å²) in [5.74, 6) is -1.54. The molecule has 1 aromatic carbocycles. The number of carboxylic acid groups (broad SMARTS) is 1. The molecule has 0 radical (unpaired) electrons. The number of carboxylic acids is 1. The zero-order valence-corrected chi connectivity index (χ0v) is 14.2. The van der Waals surface area contributed by atoms with Crippen molar-refractivity contribution in [2.75, 3.05) is 12.3 Å². The molecule has 0 atom stereocenters. The number of primary amides is 1. The van der Waals surface area contributed by atoms with E-state index in [2.05, 4.69) is 5.32 Å². The Morgan fingerprint density at radius 2 is 1.83 bits per heavy atom. The van der Waals surface area contributed by atoms with Crippen LogP contribution in [0.25, 0.3) is 0 Å². The molecule has 0 bridgehead atoms. The molecule has 24 heavy (non-hydrogen) atoms. The smallest absolute Gasteiger partial charge is 0.311 e. The van der Waals surface area contributed by atoms with Crippen LogP contribution in [0.2, 0.25) is 0 Å². The molecular formula is C17H22N2O4S. The monoisotopic (exact) mass is 350 g/mol. The fraction of sp³-hybridized carbons (Fsp3) is 0.471. The molecule has 7 heteroatoms. The van der Waals surface area contributed by atoms with Crippen LogP contribution in [0.15, 0.2) is 29.2 Å². The molecule has 0 aromatic heterocycles. The van der Waals surface area contributed by atoms with Crippen molar-refractivity contribution in [2.45, 2.75) is 37.0 Å². The van der Waals surface area contributed by atoms with Gasteiger partial charge in [-0.05, 0) is 25.0 Å². The minimum atomic E-state index is -0.872. The average molecular weight is 350 g/mol. The first kappa shape index (κ1) is 18.3. The second kappa shape index (κ2) is 8.19. The predicted octanol–water partition coefficient (Wildman–Crippen LogP) is 2.03. The number of hydrogen-bond acceptors (Lipinski definition) is 4. The van der Waals surface area contributed by atoms with Crippen molar-refractivity contribution in [3.63, 3.8) is 0 Å². The lowest BCUT2D eigenvalue weighted by Crippen LogP contribution is -2.44. The first-order valence-electron chi connectivity index (χ1n) is 7.96. The van der Waals surface area contributed by atoms with Crippen molar-refractivity contribution >= 4 is 29.5 Å². The molecule has 0 heterocycles. The van der Waals surface area contributed by atoms with Crippen LogP contribution in [-0.4, -0.2) is 35.2 Å². The highest BCUT2D eigenvalue weighted by molar-refractivity contribution is 8.00. The summed E-state index contributed by atoms with van der Waals surface area (Å²) in [7, 11) is 0. The molecule has 0 spiro atoms. The predicted molar refractivity (Wildman–Crippen MR) is 91.8 cm³/mol. The van der Waals surface area contributed by atoms with Crippen LogP contribution < -0.4 is 11.1 Å². The third-order valence-electron chi connectivity index (χ3n) is 4.35. The largest absolute Gasteiger partial charge is 0.481 e. The molecule has 6 nitrogen and oxygen atoms in total. The van der Waals surface area contributed by atoms with E-state index in [1.165, 1.54) is 11.8 Å². The van der Waals surface area contributed by atoms with E-state index in [0.29, 0.717) is 23.3 Å². The number of hydrogen-bond donors (Lipinski definition) is 3. The van der Waals surface area contributed by atoms with E-state index in [1.807, 2.05) is 0 Å². The molecule has 1 aliphatic carbocycles. The number of aliphatic carboxylic acids is 1. The summed E-state index contributed by atoms with van der Waals surface area (Å²) >= 11 is 1.20. The minimum absolute atomic E-state index is 0.0867. The Morgan fingerprint density at radius 1 is 1.17 bits per heavy atom. The van der Waals surface area contributed by atoms with Gasteiger partial charge in [0.15, 0.2) is 0 Å². The maximum Gasteiger partial charge on any atom is 0.311 e. The van der Waals surface area contributed by atoms with Gasteiger partial charge in [0.2, 0.25) is 5.91 Å². The van der Waals surface area contributed by atoms with E-state index in [1.54, 1.807) is 24.3 Å². The highest BCUT2D eigenvalue weighted by Crippen LogP contribution is 2.36. The molecule has 2 rings (SSSR count). The van der Waals surface area contributed by atoms with Gasteiger partial charge < -0.3 is 16.2 Å². The summed E-state index contributed by atoms with van der Waals surface area (Å²) in [6, 6.07) is 6.92. The van der Waals surface area contributed by atoms with Gasteiger partial charge in [-0.25, -0.2) is 0 Å². The lowest BCUT2D eigenvalue weighted by Gasteiger charge is -2.33. The zero-order valence-electron chi connectivity index (χ0n) is 13.4. The normalized spacial score (nSPS) is 16.3. The topological polar surface area (TPSA) is 109 Å². The van der Waals surface area contributed by atoms with Crippen molar-refractivity contribution in [2.24, 2.45) is 11.1 Å². The summed E-state index contributed by atoms with van der Waals surface area (Å²) in [5.41, 5.74) is 4.71. The summed E-state index contributed by atoms with van der Waals surface area (Å²) in [5, 5.41) is 12.3. The Kier molecular flexibility index (Phi) is 6.25. The second-order valence-electron chi connectivity index (χ2n) is 6.08. The Hall–Kier alpha value is -2.02. The fourth-order valence-electron chi connectivity index (χ4n) is 2.97. The number of amides is 2. The number of thioether (sulfide) groups is 1.